The van der Waals surface area contributed by atoms with Crippen molar-refractivity contribution in [2.24, 2.45) is 0 Å². The molecule has 1 N–H and O–H groups in total. The second kappa shape index (κ2) is 4.97. The van der Waals surface area contributed by atoms with Gasteiger partial charge in [-0.2, -0.15) is 4.98 Å². The molecule has 0 bridgehead atoms. The van der Waals surface area contributed by atoms with Gasteiger partial charge in [-0.1, -0.05) is 17.3 Å². The smallest absolute Gasteiger partial charge is 0.265 e. The molecular weight excluding hydrogens is 278 g/mol. The lowest BCUT2D eigenvalue weighted by Gasteiger charge is -2.00. The Morgan fingerprint density at radius 1 is 1.14 bits per heavy atom. The second-order valence-electron chi connectivity index (χ2n) is 4.52. The van der Waals surface area contributed by atoms with Crippen LogP contribution in [0.3, 0.4) is 0 Å². The Labute approximate surface area is 118 Å². The van der Waals surface area contributed by atoms with E-state index in [4.69, 9.17) is 4.52 Å². The van der Waals surface area contributed by atoms with Gasteiger partial charge in [0.25, 0.3) is 5.89 Å². The van der Waals surface area contributed by atoms with E-state index in [1.165, 1.54) is 30.3 Å². The van der Waals surface area contributed by atoms with Crippen molar-refractivity contribution in [1.29, 1.82) is 0 Å². The van der Waals surface area contributed by atoms with E-state index in [1.807, 2.05) is 0 Å². The highest BCUT2D eigenvalue weighted by atomic mass is 19.1. The minimum absolute atomic E-state index is 0.129. The minimum atomic E-state index is -0.679. The first-order chi connectivity index (χ1) is 10.1. The van der Waals surface area contributed by atoms with E-state index in [0.717, 1.165) is 5.56 Å². The predicted octanol–water partition coefficient (Wildman–Crippen LogP) is 3.70. The Morgan fingerprint density at radius 2 is 1.95 bits per heavy atom. The third-order valence-electron chi connectivity index (χ3n) is 3.07. The number of hydrogen-bond donors (Lipinski definition) is 1. The first-order valence-corrected chi connectivity index (χ1v) is 6.14. The van der Waals surface area contributed by atoms with Crippen molar-refractivity contribution in [3.63, 3.8) is 0 Å². The van der Waals surface area contributed by atoms with Crippen molar-refractivity contribution >= 4 is 0 Å². The summed E-state index contributed by atoms with van der Waals surface area (Å²) in [6.07, 6.45) is 0. The Bertz CT molecular complexity index is 795. The van der Waals surface area contributed by atoms with Crippen molar-refractivity contribution in [1.82, 2.24) is 10.1 Å². The molecule has 2 aromatic carbocycles. The van der Waals surface area contributed by atoms with Crippen molar-refractivity contribution in [3.05, 3.63) is 53.6 Å². The number of benzene rings is 2. The molecule has 0 saturated heterocycles. The Morgan fingerprint density at radius 3 is 2.71 bits per heavy atom. The molecule has 0 aliphatic carbocycles. The molecule has 0 spiro atoms. The van der Waals surface area contributed by atoms with Crippen LogP contribution in [0.15, 0.2) is 40.9 Å². The Balaban J connectivity index is 2.10. The summed E-state index contributed by atoms with van der Waals surface area (Å²) in [6.45, 7) is 1.77. The van der Waals surface area contributed by atoms with E-state index in [9.17, 15) is 13.9 Å². The van der Waals surface area contributed by atoms with Crippen LogP contribution >= 0.6 is 0 Å². The fourth-order valence-electron chi connectivity index (χ4n) is 1.99. The minimum Gasteiger partial charge on any atom is -0.507 e. The Kier molecular flexibility index (Phi) is 3.13. The summed E-state index contributed by atoms with van der Waals surface area (Å²) in [5.74, 6) is -1.45. The largest absolute Gasteiger partial charge is 0.507 e. The van der Waals surface area contributed by atoms with Crippen LogP contribution in [0.25, 0.3) is 22.8 Å². The summed E-state index contributed by atoms with van der Waals surface area (Å²) in [5.41, 5.74) is 1.02. The molecular formula is C15H10F2N2O2. The van der Waals surface area contributed by atoms with Gasteiger partial charge in [0, 0.05) is 5.56 Å². The highest BCUT2D eigenvalue weighted by molar-refractivity contribution is 5.66. The molecule has 3 rings (SSSR count). The van der Waals surface area contributed by atoms with Gasteiger partial charge >= 0.3 is 0 Å². The molecule has 1 heterocycles. The fraction of sp³-hybridized carbons (Fsp3) is 0.0667. The summed E-state index contributed by atoms with van der Waals surface area (Å²) in [5, 5.41) is 13.4. The summed E-state index contributed by atoms with van der Waals surface area (Å²) in [7, 11) is 0. The molecule has 0 unspecified atom stereocenters. The number of nitrogens with zero attached hydrogens (tertiary/aromatic N) is 2. The number of phenolic OH excluding ortho intramolecular Hbond substituents is 1. The van der Waals surface area contributed by atoms with Crippen molar-refractivity contribution < 1.29 is 18.4 Å². The van der Waals surface area contributed by atoms with Gasteiger partial charge < -0.3 is 9.63 Å². The zero-order chi connectivity index (χ0) is 15.0. The lowest BCUT2D eigenvalue weighted by molar-refractivity contribution is 0.421. The lowest BCUT2D eigenvalue weighted by Crippen LogP contribution is -1.88. The first kappa shape index (κ1) is 13.2. The summed E-state index contributed by atoms with van der Waals surface area (Å²) < 4.78 is 32.0. The van der Waals surface area contributed by atoms with Crippen LogP contribution in [-0.2, 0) is 0 Å². The van der Waals surface area contributed by atoms with E-state index >= 15 is 0 Å². The zero-order valence-corrected chi connectivity index (χ0v) is 11.0. The van der Waals surface area contributed by atoms with E-state index < -0.39 is 11.6 Å². The number of aromatic hydroxyl groups is 1. The topological polar surface area (TPSA) is 59.2 Å². The van der Waals surface area contributed by atoms with Gasteiger partial charge in [0.2, 0.25) is 5.82 Å². The van der Waals surface area contributed by atoms with Crippen LogP contribution < -0.4 is 0 Å². The summed E-state index contributed by atoms with van der Waals surface area (Å²) in [6, 6.07) is 8.03. The van der Waals surface area contributed by atoms with Gasteiger partial charge in [-0.25, -0.2) is 8.78 Å². The molecule has 0 aliphatic heterocycles. The van der Waals surface area contributed by atoms with Gasteiger partial charge in [-0.15, -0.1) is 0 Å². The number of halogens is 2. The average Bonchev–Trinajstić information content (AvgIpc) is 2.90. The third kappa shape index (κ3) is 2.35. The van der Waals surface area contributed by atoms with E-state index in [0.29, 0.717) is 5.56 Å². The third-order valence-corrected chi connectivity index (χ3v) is 3.07. The molecule has 1 aromatic heterocycles. The van der Waals surface area contributed by atoms with Gasteiger partial charge in [0.15, 0.2) is 0 Å². The standard InChI is InChI=1S/C15H10F2N2O2/c1-8-5-6-9(16)7-10(8)14-18-15(21-19-14)13-11(17)3-2-4-12(13)20/h2-7,20H,1H3. The Hall–Kier alpha value is -2.76. The molecule has 3 aromatic rings. The number of aromatic nitrogens is 2. The lowest BCUT2D eigenvalue weighted by atomic mass is 10.1. The highest BCUT2D eigenvalue weighted by Crippen LogP contribution is 2.32. The van der Waals surface area contributed by atoms with Gasteiger partial charge in [0.1, 0.15) is 22.9 Å². The van der Waals surface area contributed by atoms with Crippen LogP contribution in [0.1, 0.15) is 5.56 Å². The predicted molar refractivity (Wildman–Crippen MR) is 71.5 cm³/mol. The fourth-order valence-corrected chi connectivity index (χ4v) is 1.99. The van der Waals surface area contributed by atoms with Crippen molar-refractivity contribution in [3.8, 4) is 28.6 Å². The normalized spacial score (nSPS) is 10.8. The van der Waals surface area contributed by atoms with Crippen LogP contribution in [0.2, 0.25) is 0 Å². The van der Waals surface area contributed by atoms with Crippen LogP contribution in [0, 0.1) is 18.6 Å². The van der Waals surface area contributed by atoms with Gasteiger partial charge in [0.05, 0.1) is 0 Å². The SMILES string of the molecule is Cc1ccc(F)cc1-c1noc(-c2c(O)cccc2F)n1. The molecule has 0 amide bonds. The molecule has 0 saturated carbocycles. The van der Waals surface area contributed by atoms with Crippen LogP contribution in [-0.4, -0.2) is 15.2 Å². The number of aryl methyl sites for hydroxylation is 1. The van der Waals surface area contributed by atoms with E-state index in [2.05, 4.69) is 10.1 Å². The van der Waals surface area contributed by atoms with E-state index in [1.54, 1.807) is 13.0 Å². The molecule has 21 heavy (non-hydrogen) atoms. The number of hydrogen-bond acceptors (Lipinski definition) is 4. The van der Waals surface area contributed by atoms with Crippen molar-refractivity contribution in [2.75, 3.05) is 0 Å². The monoisotopic (exact) mass is 288 g/mol. The molecule has 0 fully saturated rings. The quantitative estimate of drug-likeness (QED) is 0.781. The van der Waals surface area contributed by atoms with Gasteiger partial charge in [-0.3, -0.25) is 0 Å². The maximum Gasteiger partial charge on any atom is 0.265 e. The molecule has 0 radical (unpaired) electrons. The first-order valence-electron chi connectivity index (χ1n) is 6.14. The molecule has 106 valence electrons. The van der Waals surface area contributed by atoms with E-state index in [-0.39, 0.29) is 23.0 Å². The van der Waals surface area contributed by atoms with Gasteiger partial charge in [-0.05, 0) is 36.8 Å². The van der Waals surface area contributed by atoms with Crippen LogP contribution in [0.5, 0.6) is 5.75 Å². The maximum atomic E-state index is 13.7. The molecule has 4 nitrogen and oxygen atoms in total. The molecule has 0 atom stereocenters. The molecule has 0 aliphatic rings. The maximum absolute atomic E-state index is 13.7. The van der Waals surface area contributed by atoms with Crippen molar-refractivity contribution in [2.45, 2.75) is 6.92 Å². The molecule has 6 heteroatoms. The average molecular weight is 288 g/mol. The highest BCUT2D eigenvalue weighted by Gasteiger charge is 2.19. The second-order valence-corrected chi connectivity index (χ2v) is 4.52. The van der Waals surface area contributed by atoms with Crippen LogP contribution in [0.4, 0.5) is 8.78 Å². The number of rotatable bonds is 2. The summed E-state index contributed by atoms with van der Waals surface area (Å²) >= 11 is 0. The number of phenols is 1. The summed E-state index contributed by atoms with van der Waals surface area (Å²) in [4.78, 5) is 4.03. The zero-order valence-electron chi connectivity index (χ0n) is 11.0.